The van der Waals surface area contributed by atoms with Crippen molar-refractivity contribution in [3.63, 3.8) is 0 Å². The number of rotatable bonds is 4. The van der Waals surface area contributed by atoms with E-state index >= 15 is 0 Å². The van der Waals surface area contributed by atoms with Crippen molar-refractivity contribution in [3.8, 4) is 0 Å². The molecule has 1 N–H and O–H groups in total. The van der Waals surface area contributed by atoms with E-state index in [-0.39, 0.29) is 23.3 Å². The summed E-state index contributed by atoms with van der Waals surface area (Å²) >= 11 is 0. The van der Waals surface area contributed by atoms with Gasteiger partial charge < -0.3 is 15.1 Å². The minimum absolute atomic E-state index is 0.0675. The minimum atomic E-state index is -0.124. The molecule has 0 aromatic carbocycles. The van der Waals surface area contributed by atoms with Gasteiger partial charge in [-0.15, -0.1) is 0 Å². The molecule has 6 heteroatoms. The van der Waals surface area contributed by atoms with Gasteiger partial charge in [-0.2, -0.15) is 0 Å². The highest BCUT2D eigenvalue weighted by Crippen LogP contribution is 2.44. The van der Waals surface area contributed by atoms with E-state index in [2.05, 4.69) is 29.0 Å². The van der Waals surface area contributed by atoms with Crippen LogP contribution in [0.1, 0.15) is 43.5 Å². The Morgan fingerprint density at radius 3 is 2.67 bits per heavy atom. The van der Waals surface area contributed by atoms with Crippen LogP contribution in [-0.2, 0) is 4.79 Å². The summed E-state index contributed by atoms with van der Waals surface area (Å²) < 4.78 is 0. The number of nitrogens with one attached hydrogen (secondary N) is 1. The van der Waals surface area contributed by atoms with Gasteiger partial charge in [0.1, 0.15) is 0 Å². The summed E-state index contributed by atoms with van der Waals surface area (Å²) in [5.41, 5.74) is 0.566. The average Bonchev–Trinajstić information content (AvgIpc) is 3.22. The Morgan fingerprint density at radius 1 is 1.30 bits per heavy atom. The van der Waals surface area contributed by atoms with Gasteiger partial charge in [-0.1, -0.05) is 20.3 Å². The highest BCUT2D eigenvalue weighted by atomic mass is 16.2. The van der Waals surface area contributed by atoms with Crippen LogP contribution < -0.4 is 5.32 Å². The molecule has 0 bridgehead atoms. The number of piperidine rings is 1. The summed E-state index contributed by atoms with van der Waals surface area (Å²) in [5.74, 6) is 1.46. The fraction of sp³-hybridized carbons (Fsp3) is 0.667. The van der Waals surface area contributed by atoms with Gasteiger partial charge in [-0.3, -0.25) is 14.6 Å². The Labute approximate surface area is 161 Å². The molecule has 146 valence electrons. The summed E-state index contributed by atoms with van der Waals surface area (Å²) in [6, 6.07) is 3.54. The van der Waals surface area contributed by atoms with Crippen LogP contribution in [0.3, 0.4) is 0 Å². The van der Waals surface area contributed by atoms with E-state index in [0.29, 0.717) is 30.5 Å². The van der Waals surface area contributed by atoms with E-state index in [4.69, 9.17) is 0 Å². The molecule has 0 aliphatic carbocycles. The quantitative estimate of drug-likeness (QED) is 0.877. The third kappa shape index (κ3) is 3.35. The van der Waals surface area contributed by atoms with Crippen molar-refractivity contribution in [1.82, 2.24) is 20.1 Å². The van der Waals surface area contributed by atoms with Crippen LogP contribution in [0.25, 0.3) is 0 Å². The molecule has 1 aromatic heterocycles. The number of carbonyl (C=O) groups is 2. The molecule has 27 heavy (non-hydrogen) atoms. The maximum Gasteiger partial charge on any atom is 0.253 e. The maximum absolute atomic E-state index is 12.7. The molecule has 1 aromatic rings. The third-order valence-electron chi connectivity index (χ3n) is 6.95. The molecule has 2 amide bonds. The first kappa shape index (κ1) is 18.4. The van der Waals surface area contributed by atoms with Gasteiger partial charge in [0.2, 0.25) is 5.91 Å². The van der Waals surface area contributed by atoms with Crippen molar-refractivity contribution in [2.45, 2.75) is 38.6 Å². The van der Waals surface area contributed by atoms with Gasteiger partial charge in [0, 0.05) is 62.1 Å². The van der Waals surface area contributed by atoms with Gasteiger partial charge in [-0.25, -0.2) is 0 Å². The van der Waals surface area contributed by atoms with E-state index in [9.17, 15) is 9.59 Å². The predicted octanol–water partition coefficient (Wildman–Crippen LogP) is 1.78. The molecule has 3 atom stereocenters. The number of fused-ring (bicyclic) bond motifs is 2. The van der Waals surface area contributed by atoms with E-state index in [1.54, 1.807) is 24.5 Å². The summed E-state index contributed by atoms with van der Waals surface area (Å²) in [4.78, 5) is 33.7. The van der Waals surface area contributed by atoms with E-state index in [0.717, 1.165) is 32.5 Å². The summed E-state index contributed by atoms with van der Waals surface area (Å²) in [5, 5.41) is 3.34. The number of carbonyl (C=O) groups excluding carboxylic acids is 2. The number of pyridine rings is 1. The van der Waals surface area contributed by atoms with Crippen LogP contribution in [0.15, 0.2) is 24.5 Å². The first-order chi connectivity index (χ1) is 13.0. The lowest BCUT2D eigenvalue weighted by molar-refractivity contribution is -0.123. The van der Waals surface area contributed by atoms with Gasteiger partial charge in [-0.05, 0) is 30.9 Å². The second-order valence-electron chi connectivity index (χ2n) is 8.62. The molecular weight excluding hydrogens is 340 g/mol. The topological polar surface area (TPSA) is 65.5 Å². The number of amides is 2. The second kappa shape index (κ2) is 7.23. The lowest BCUT2D eigenvalue weighted by atomic mass is 9.75. The first-order valence-corrected chi connectivity index (χ1v) is 10.3. The smallest absolute Gasteiger partial charge is 0.253 e. The highest BCUT2D eigenvalue weighted by molar-refractivity contribution is 5.94. The van der Waals surface area contributed by atoms with Gasteiger partial charge >= 0.3 is 0 Å². The molecule has 3 aliphatic rings. The van der Waals surface area contributed by atoms with Crippen molar-refractivity contribution in [3.05, 3.63) is 30.1 Å². The normalized spacial score (nSPS) is 28.2. The molecular formula is C21H30N4O2. The SMILES string of the molecule is CC[C@@H](C)CN1C[C@H]2C(=O)NC3(CCN(C(=O)c4ccncc4)CC3)[C@H]2C1. The Morgan fingerprint density at radius 2 is 2.00 bits per heavy atom. The molecule has 3 aliphatic heterocycles. The Kier molecular flexibility index (Phi) is 4.93. The predicted molar refractivity (Wildman–Crippen MR) is 103 cm³/mol. The Bertz CT molecular complexity index is 699. The Balaban J connectivity index is 1.42. The Hall–Kier alpha value is -1.95. The average molecular weight is 370 g/mol. The fourth-order valence-electron chi connectivity index (χ4n) is 5.14. The molecule has 1 spiro atoms. The van der Waals surface area contributed by atoms with Gasteiger partial charge in [0.25, 0.3) is 5.91 Å². The van der Waals surface area contributed by atoms with Crippen LogP contribution >= 0.6 is 0 Å². The van der Waals surface area contributed by atoms with E-state index in [1.807, 2.05) is 4.90 Å². The van der Waals surface area contributed by atoms with Crippen molar-refractivity contribution in [1.29, 1.82) is 0 Å². The number of likely N-dealkylation sites (tertiary alicyclic amines) is 2. The summed E-state index contributed by atoms with van der Waals surface area (Å²) in [6.45, 7) is 8.90. The number of hydrogen-bond donors (Lipinski definition) is 1. The van der Waals surface area contributed by atoms with Gasteiger partial charge in [0.15, 0.2) is 0 Å². The zero-order valence-corrected chi connectivity index (χ0v) is 16.4. The van der Waals surface area contributed by atoms with E-state index in [1.165, 1.54) is 6.42 Å². The van der Waals surface area contributed by atoms with Crippen LogP contribution in [0, 0.1) is 17.8 Å². The number of aromatic nitrogens is 1. The molecule has 4 heterocycles. The lowest BCUT2D eigenvalue weighted by Gasteiger charge is -2.43. The standard InChI is InChI=1S/C21H30N4O2/c1-3-15(2)12-24-13-17-18(14-24)21(23-19(17)26)6-10-25(11-7-21)20(27)16-4-8-22-9-5-16/h4-5,8-9,15,17-18H,3,6-7,10-14H2,1-2H3,(H,23,26)/t15-,17-,18+/m1/s1. The molecule has 3 saturated heterocycles. The van der Waals surface area contributed by atoms with Crippen LogP contribution in [0.5, 0.6) is 0 Å². The fourth-order valence-corrected chi connectivity index (χ4v) is 5.14. The largest absolute Gasteiger partial charge is 0.350 e. The number of hydrogen-bond acceptors (Lipinski definition) is 4. The van der Waals surface area contributed by atoms with Crippen LogP contribution in [0.4, 0.5) is 0 Å². The molecule has 0 radical (unpaired) electrons. The summed E-state index contributed by atoms with van der Waals surface area (Å²) in [7, 11) is 0. The monoisotopic (exact) mass is 370 g/mol. The van der Waals surface area contributed by atoms with Crippen molar-refractivity contribution in [2.75, 3.05) is 32.7 Å². The molecule has 0 saturated carbocycles. The zero-order valence-electron chi connectivity index (χ0n) is 16.4. The minimum Gasteiger partial charge on any atom is -0.350 e. The van der Waals surface area contributed by atoms with Gasteiger partial charge in [0.05, 0.1) is 5.92 Å². The molecule has 0 unspecified atom stereocenters. The molecule has 4 rings (SSSR count). The van der Waals surface area contributed by atoms with Crippen LogP contribution in [0.2, 0.25) is 0 Å². The second-order valence-corrected chi connectivity index (χ2v) is 8.62. The number of nitrogens with zero attached hydrogens (tertiary/aromatic N) is 3. The first-order valence-electron chi connectivity index (χ1n) is 10.3. The lowest BCUT2D eigenvalue weighted by Crippen LogP contribution is -2.56. The van der Waals surface area contributed by atoms with E-state index < -0.39 is 0 Å². The van der Waals surface area contributed by atoms with Crippen molar-refractivity contribution in [2.24, 2.45) is 17.8 Å². The van der Waals surface area contributed by atoms with Crippen molar-refractivity contribution < 1.29 is 9.59 Å². The maximum atomic E-state index is 12.7. The highest BCUT2D eigenvalue weighted by Gasteiger charge is 2.57. The third-order valence-corrected chi connectivity index (χ3v) is 6.95. The van der Waals surface area contributed by atoms with Crippen LogP contribution in [-0.4, -0.2) is 64.9 Å². The molecule has 3 fully saturated rings. The zero-order chi connectivity index (χ0) is 19.0. The summed E-state index contributed by atoms with van der Waals surface area (Å²) in [6.07, 6.45) is 6.20. The molecule has 6 nitrogen and oxygen atoms in total. The van der Waals surface area contributed by atoms with Crippen molar-refractivity contribution >= 4 is 11.8 Å².